The number of benzene rings is 1. The highest BCUT2D eigenvalue weighted by molar-refractivity contribution is 7.12. The molecule has 6 heteroatoms. The number of hydrogen-bond acceptors (Lipinski definition) is 6. The molecule has 2 heterocycles. The molecule has 0 unspecified atom stereocenters. The maximum absolute atomic E-state index is 12.4. The van der Waals surface area contributed by atoms with E-state index in [0.717, 1.165) is 0 Å². The van der Waals surface area contributed by atoms with E-state index in [0.29, 0.717) is 20.9 Å². The van der Waals surface area contributed by atoms with Crippen LogP contribution in [0.1, 0.15) is 30.5 Å². The smallest absolute Gasteiger partial charge is 0.213 e. The maximum atomic E-state index is 12.4. The Morgan fingerprint density at radius 2 is 1.21 bits per heavy atom. The SMILES string of the molecule is N#C/C(=C\c1cccc(/C=C(\C#N)C(=O)c2cccs2)c1)C(=O)c1cccs1. The van der Waals surface area contributed by atoms with E-state index in [-0.39, 0.29) is 22.7 Å². The lowest BCUT2D eigenvalue weighted by molar-refractivity contribution is 0.103. The lowest BCUT2D eigenvalue weighted by Crippen LogP contribution is -1.99. The average molecular weight is 400 g/mol. The van der Waals surface area contributed by atoms with E-state index in [1.807, 2.05) is 12.1 Å². The third-order valence-electron chi connectivity index (χ3n) is 3.75. The van der Waals surface area contributed by atoms with Crippen molar-refractivity contribution in [3.05, 3.63) is 91.3 Å². The molecule has 1 aromatic carbocycles. The molecule has 0 aliphatic carbocycles. The molecule has 0 saturated heterocycles. The molecule has 0 radical (unpaired) electrons. The largest absolute Gasteiger partial charge is 0.287 e. The zero-order chi connectivity index (χ0) is 19.9. The van der Waals surface area contributed by atoms with E-state index in [2.05, 4.69) is 0 Å². The maximum Gasteiger partial charge on any atom is 0.213 e. The monoisotopic (exact) mass is 400 g/mol. The minimum atomic E-state index is -0.330. The van der Waals surface area contributed by atoms with Crippen molar-refractivity contribution in [3.8, 4) is 12.1 Å². The summed E-state index contributed by atoms with van der Waals surface area (Å²) in [6, 6.07) is 17.7. The van der Waals surface area contributed by atoms with Crippen molar-refractivity contribution in [1.29, 1.82) is 10.5 Å². The number of Topliss-reactive ketones (excluding diaryl/α,β-unsaturated/α-hetero) is 2. The predicted molar refractivity (Wildman–Crippen MR) is 111 cm³/mol. The number of thiophene rings is 2. The van der Waals surface area contributed by atoms with Crippen LogP contribution in [-0.4, -0.2) is 11.6 Å². The zero-order valence-electron chi connectivity index (χ0n) is 14.5. The first-order valence-corrected chi connectivity index (χ1v) is 9.88. The minimum absolute atomic E-state index is 0.0266. The number of carbonyl (C=O) groups excluding carboxylic acids is 2. The molecular weight excluding hydrogens is 388 g/mol. The van der Waals surface area contributed by atoms with Gasteiger partial charge in [0.2, 0.25) is 11.6 Å². The van der Waals surface area contributed by atoms with Gasteiger partial charge in [0.15, 0.2) is 0 Å². The molecule has 0 atom stereocenters. The summed E-state index contributed by atoms with van der Waals surface area (Å²) >= 11 is 2.56. The summed E-state index contributed by atoms with van der Waals surface area (Å²) in [5, 5.41) is 22.3. The fourth-order valence-electron chi connectivity index (χ4n) is 2.45. The van der Waals surface area contributed by atoms with Gasteiger partial charge < -0.3 is 0 Å². The summed E-state index contributed by atoms with van der Waals surface area (Å²) < 4.78 is 0. The number of allylic oxidation sites excluding steroid dienone is 2. The normalized spacial score (nSPS) is 11.5. The second-order valence-corrected chi connectivity index (χ2v) is 7.52. The van der Waals surface area contributed by atoms with Gasteiger partial charge in [-0.3, -0.25) is 9.59 Å². The highest BCUT2D eigenvalue weighted by Crippen LogP contribution is 2.20. The van der Waals surface area contributed by atoms with Crippen LogP contribution in [0.2, 0.25) is 0 Å². The summed E-state index contributed by atoms with van der Waals surface area (Å²) in [4.78, 5) is 25.8. The third kappa shape index (κ3) is 4.39. The molecule has 4 nitrogen and oxygen atoms in total. The number of nitriles is 2. The first-order valence-electron chi connectivity index (χ1n) is 8.12. The molecule has 0 saturated carbocycles. The molecule has 2 aromatic heterocycles. The Bertz CT molecular complexity index is 1070. The third-order valence-corrected chi connectivity index (χ3v) is 5.49. The fourth-order valence-corrected chi connectivity index (χ4v) is 3.81. The standard InChI is InChI=1S/C22H12N2O2S2/c23-13-17(21(25)19-6-2-8-27-19)11-15-4-1-5-16(10-15)12-18(14-24)22(26)20-7-3-9-28-20/h1-12H/b17-11+,18-12+. The number of ketones is 2. The van der Waals surface area contributed by atoms with Crippen molar-refractivity contribution in [2.24, 2.45) is 0 Å². The number of nitrogens with zero attached hydrogens (tertiary/aromatic N) is 2. The van der Waals surface area contributed by atoms with E-state index in [4.69, 9.17) is 0 Å². The van der Waals surface area contributed by atoms with E-state index in [9.17, 15) is 20.1 Å². The Kier molecular flexibility index (Phi) is 6.08. The lowest BCUT2D eigenvalue weighted by Gasteiger charge is -2.01. The van der Waals surface area contributed by atoms with Gasteiger partial charge in [-0.15, -0.1) is 22.7 Å². The number of carbonyl (C=O) groups is 2. The van der Waals surface area contributed by atoms with Crippen LogP contribution in [0, 0.1) is 22.7 Å². The molecule has 0 fully saturated rings. The zero-order valence-corrected chi connectivity index (χ0v) is 16.1. The Morgan fingerprint density at radius 1 is 0.750 bits per heavy atom. The van der Waals surface area contributed by atoms with Crippen molar-refractivity contribution >= 4 is 46.4 Å². The van der Waals surface area contributed by atoms with Crippen LogP contribution in [-0.2, 0) is 0 Å². The Hall–Kier alpha value is -3.58. The molecule has 0 amide bonds. The minimum Gasteiger partial charge on any atom is -0.287 e. The van der Waals surface area contributed by atoms with Crippen LogP contribution in [0.25, 0.3) is 12.2 Å². The van der Waals surface area contributed by atoms with E-state index in [1.54, 1.807) is 59.3 Å². The summed E-state index contributed by atoms with van der Waals surface area (Å²) in [5.41, 5.74) is 1.32. The van der Waals surface area contributed by atoms with Gasteiger partial charge >= 0.3 is 0 Å². The lowest BCUT2D eigenvalue weighted by atomic mass is 10.0. The van der Waals surface area contributed by atoms with Gasteiger partial charge in [-0.1, -0.05) is 30.3 Å². The van der Waals surface area contributed by atoms with Crippen LogP contribution in [0.4, 0.5) is 0 Å². The summed E-state index contributed by atoms with van der Waals surface area (Å²) in [6.45, 7) is 0. The van der Waals surface area contributed by atoms with Gasteiger partial charge in [-0.05, 0) is 52.2 Å². The van der Waals surface area contributed by atoms with Crippen molar-refractivity contribution in [3.63, 3.8) is 0 Å². The molecule has 0 bridgehead atoms. The summed E-state index contributed by atoms with van der Waals surface area (Å²) in [7, 11) is 0. The Balaban J connectivity index is 1.91. The van der Waals surface area contributed by atoms with Gasteiger partial charge in [0.1, 0.15) is 23.3 Å². The molecule has 3 rings (SSSR count). The van der Waals surface area contributed by atoms with Crippen LogP contribution in [0.5, 0.6) is 0 Å². The van der Waals surface area contributed by atoms with Crippen molar-refractivity contribution < 1.29 is 9.59 Å². The predicted octanol–water partition coefficient (Wildman–Crippen LogP) is 5.39. The van der Waals surface area contributed by atoms with Crippen LogP contribution in [0.3, 0.4) is 0 Å². The quantitative estimate of drug-likeness (QED) is 0.316. The molecule has 3 aromatic rings. The molecule has 0 N–H and O–H groups in total. The van der Waals surface area contributed by atoms with Crippen LogP contribution < -0.4 is 0 Å². The second kappa shape index (κ2) is 8.88. The first kappa shape index (κ1) is 19.2. The van der Waals surface area contributed by atoms with Gasteiger partial charge in [0.05, 0.1) is 9.75 Å². The Morgan fingerprint density at radius 3 is 1.57 bits per heavy atom. The molecule has 134 valence electrons. The van der Waals surface area contributed by atoms with Crippen molar-refractivity contribution in [1.82, 2.24) is 0 Å². The average Bonchev–Trinajstić information content (AvgIpc) is 3.43. The topological polar surface area (TPSA) is 81.7 Å². The summed E-state index contributed by atoms with van der Waals surface area (Å²) in [5.74, 6) is -0.659. The van der Waals surface area contributed by atoms with Crippen LogP contribution >= 0.6 is 22.7 Å². The van der Waals surface area contributed by atoms with Gasteiger partial charge in [-0.25, -0.2) is 0 Å². The van der Waals surface area contributed by atoms with Gasteiger partial charge in [0.25, 0.3) is 0 Å². The van der Waals surface area contributed by atoms with E-state index in [1.165, 1.54) is 34.8 Å². The fraction of sp³-hybridized carbons (Fsp3) is 0. The van der Waals surface area contributed by atoms with Crippen LogP contribution in [0.15, 0.2) is 70.4 Å². The highest BCUT2D eigenvalue weighted by atomic mass is 32.1. The molecule has 0 spiro atoms. The molecular formula is C22H12N2O2S2. The summed E-state index contributed by atoms with van der Waals surface area (Å²) in [6.07, 6.45) is 3.01. The Labute approximate surface area is 169 Å². The molecule has 0 aliphatic rings. The van der Waals surface area contributed by atoms with Crippen molar-refractivity contribution in [2.75, 3.05) is 0 Å². The molecule has 0 aliphatic heterocycles. The van der Waals surface area contributed by atoms with Crippen molar-refractivity contribution in [2.45, 2.75) is 0 Å². The van der Waals surface area contributed by atoms with Gasteiger partial charge in [-0.2, -0.15) is 10.5 Å². The number of hydrogen-bond donors (Lipinski definition) is 0. The number of rotatable bonds is 6. The van der Waals surface area contributed by atoms with E-state index >= 15 is 0 Å². The molecule has 28 heavy (non-hydrogen) atoms. The van der Waals surface area contributed by atoms with E-state index < -0.39 is 0 Å². The van der Waals surface area contributed by atoms with Gasteiger partial charge in [0, 0.05) is 0 Å². The second-order valence-electron chi connectivity index (χ2n) is 5.62. The highest BCUT2D eigenvalue weighted by Gasteiger charge is 2.14. The first-order chi connectivity index (χ1) is 13.6.